The summed E-state index contributed by atoms with van der Waals surface area (Å²) < 4.78 is 13.6. The molecule has 2 N–H and O–H groups in total. The van der Waals surface area contributed by atoms with Crippen molar-refractivity contribution in [2.45, 2.75) is 20.3 Å². The minimum atomic E-state index is -0.316. The summed E-state index contributed by atoms with van der Waals surface area (Å²) in [6.07, 6.45) is 1.04. The second kappa shape index (κ2) is 5.35. The summed E-state index contributed by atoms with van der Waals surface area (Å²) in [4.78, 5) is 2.14. The van der Waals surface area contributed by atoms with E-state index < -0.39 is 0 Å². The first-order valence-electron chi connectivity index (χ1n) is 5.09. The van der Waals surface area contributed by atoms with Crippen LogP contribution in [0.1, 0.15) is 20.3 Å². The molecule has 0 spiro atoms. The van der Waals surface area contributed by atoms with Gasteiger partial charge in [-0.2, -0.15) is 0 Å². The minimum Gasteiger partial charge on any atom is -0.397 e. The van der Waals surface area contributed by atoms with Crippen molar-refractivity contribution in [1.29, 1.82) is 0 Å². The number of rotatable bonds is 4. The van der Waals surface area contributed by atoms with Crippen LogP contribution in [0.5, 0.6) is 0 Å². The molecule has 1 aromatic carbocycles. The van der Waals surface area contributed by atoms with Crippen LogP contribution < -0.4 is 10.6 Å². The number of hydrogen-bond donors (Lipinski definition) is 1. The summed E-state index contributed by atoms with van der Waals surface area (Å²) in [5.41, 5.74) is 7.18. The third-order valence-electron chi connectivity index (χ3n) is 2.29. The maximum atomic E-state index is 13.2. The van der Waals surface area contributed by atoms with Gasteiger partial charge in [-0.05, 0) is 35.3 Å². The van der Waals surface area contributed by atoms with Crippen molar-refractivity contribution in [3.63, 3.8) is 0 Å². The highest BCUT2D eigenvalue weighted by Gasteiger charge is 2.10. The quantitative estimate of drug-likeness (QED) is 0.853. The van der Waals surface area contributed by atoms with Gasteiger partial charge in [-0.25, -0.2) is 4.39 Å². The van der Waals surface area contributed by atoms with Crippen molar-refractivity contribution in [2.75, 3.05) is 23.7 Å². The van der Waals surface area contributed by atoms with E-state index in [2.05, 4.69) is 34.7 Å². The third-order valence-corrected chi connectivity index (χ3v) is 2.89. The van der Waals surface area contributed by atoms with Crippen LogP contribution in [-0.4, -0.2) is 13.1 Å². The lowest BCUT2D eigenvalue weighted by atomic mass is 10.2. The summed E-state index contributed by atoms with van der Waals surface area (Å²) >= 11 is 3.17. The van der Waals surface area contributed by atoms with Gasteiger partial charge < -0.3 is 10.6 Å². The van der Waals surface area contributed by atoms with Gasteiger partial charge in [0.15, 0.2) is 0 Å². The van der Waals surface area contributed by atoms with Crippen molar-refractivity contribution in [3.8, 4) is 0 Å². The van der Waals surface area contributed by atoms with Crippen molar-refractivity contribution in [2.24, 2.45) is 0 Å². The maximum Gasteiger partial charge on any atom is 0.139 e. The minimum absolute atomic E-state index is 0.316. The smallest absolute Gasteiger partial charge is 0.139 e. The van der Waals surface area contributed by atoms with E-state index in [4.69, 9.17) is 5.73 Å². The van der Waals surface area contributed by atoms with E-state index in [-0.39, 0.29) is 5.82 Å². The summed E-state index contributed by atoms with van der Waals surface area (Å²) in [7, 11) is 0. The molecule has 0 fully saturated rings. The number of nitrogens with zero attached hydrogens (tertiary/aromatic N) is 1. The van der Waals surface area contributed by atoms with Crippen molar-refractivity contribution in [3.05, 3.63) is 22.4 Å². The Morgan fingerprint density at radius 2 is 2.07 bits per heavy atom. The Labute approximate surface area is 98.4 Å². The van der Waals surface area contributed by atoms with Crippen LogP contribution in [0.25, 0.3) is 0 Å². The first kappa shape index (κ1) is 12.3. The highest BCUT2D eigenvalue weighted by Crippen LogP contribution is 2.29. The lowest BCUT2D eigenvalue weighted by molar-refractivity contribution is 0.621. The molecule has 0 radical (unpaired) electrons. The average Bonchev–Trinajstić information content (AvgIpc) is 2.20. The molecule has 0 saturated heterocycles. The molecule has 0 bridgehead atoms. The number of hydrogen-bond acceptors (Lipinski definition) is 2. The van der Waals surface area contributed by atoms with Gasteiger partial charge in [0.2, 0.25) is 0 Å². The van der Waals surface area contributed by atoms with Crippen molar-refractivity contribution >= 4 is 27.3 Å². The Morgan fingerprint density at radius 1 is 1.40 bits per heavy atom. The van der Waals surface area contributed by atoms with Gasteiger partial charge >= 0.3 is 0 Å². The fourth-order valence-corrected chi connectivity index (χ4v) is 1.88. The molecule has 0 aliphatic heterocycles. The first-order chi connectivity index (χ1) is 7.10. The van der Waals surface area contributed by atoms with Crippen molar-refractivity contribution in [1.82, 2.24) is 0 Å². The Kier molecular flexibility index (Phi) is 4.39. The zero-order valence-electron chi connectivity index (χ0n) is 9.06. The van der Waals surface area contributed by atoms with Crippen LogP contribution >= 0.6 is 15.9 Å². The average molecular weight is 275 g/mol. The predicted molar refractivity (Wildman–Crippen MR) is 66.7 cm³/mol. The van der Waals surface area contributed by atoms with Crippen molar-refractivity contribution < 1.29 is 4.39 Å². The summed E-state index contributed by atoms with van der Waals surface area (Å²) in [5, 5.41) is 0. The number of anilines is 2. The molecule has 1 aromatic rings. The lowest BCUT2D eigenvalue weighted by Gasteiger charge is -2.24. The summed E-state index contributed by atoms with van der Waals surface area (Å²) in [6, 6.07) is 3.10. The van der Waals surface area contributed by atoms with Crippen LogP contribution in [0, 0.1) is 5.82 Å². The summed E-state index contributed by atoms with van der Waals surface area (Å²) in [5.74, 6) is -0.316. The number of halogens is 2. The molecule has 0 amide bonds. The van der Waals surface area contributed by atoms with Crippen LogP contribution in [0.3, 0.4) is 0 Å². The molecule has 84 valence electrons. The molecular formula is C11H16BrFN2. The standard InChI is InChI=1S/C11H16BrFN2/c1-3-5-15(4-2)11-6-8(12)9(13)7-10(11)14/h6-7H,3-5,14H2,1-2H3. The molecule has 0 aliphatic rings. The Morgan fingerprint density at radius 3 is 2.60 bits per heavy atom. The first-order valence-corrected chi connectivity index (χ1v) is 5.88. The fourth-order valence-electron chi connectivity index (χ4n) is 1.54. The number of benzene rings is 1. The summed E-state index contributed by atoms with van der Waals surface area (Å²) in [6.45, 7) is 5.97. The monoisotopic (exact) mass is 274 g/mol. The topological polar surface area (TPSA) is 29.3 Å². The fraction of sp³-hybridized carbons (Fsp3) is 0.455. The van der Waals surface area contributed by atoms with Crippen LogP contribution in [-0.2, 0) is 0 Å². The van der Waals surface area contributed by atoms with E-state index in [0.29, 0.717) is 10.2 Å². The molecule has 0 heterocycles. The van der Waals surface area contributed by atoms with Gasteiger partial charge in [-0.1, -0.05) is 6.92 Å². The number of nitrogen functional groups attached to an aromatic ring is 1. The molecule has 0 unspecified atom stereocenters. The highest BCUT2D eigenvalue weighted by molar-refractivity contribution is 9.10. The largest absolute Gasteiger partial charge is 0.397 e. The second-order valence-electron chi connectivity index (χ2n) is 3.40. The Bertz CT molecular complexity index is 342. The molecule has 15 heavy (non-hydrogen) atoms. The predicted octanol–water partition coefficient (Wildman–Crippen LogP) is 3.41. The van der Waals surface area contributed by atoms with Crippen LogP contribution in [0.15, 0.2) is 16.6 Å². The molecule has 2 nitrogen and oxygen atoms in total. The van der Waals surface area contributed by atoms with Gasteiger partial charge in [0.25, 0.3) is 0 Å². The second-order valence-corrected chi connectivity index (χ2v) is 4.26. The molecule has 0 aliphatic carbocycles. The van der Waals surface area contributed by atoms with E-state index in [1.54, 1.807) is 6.07 Å². The maximum absolute atomic E-state index is 13.2. The molecule has 0 saturated carbocycles. The molecule has 0 atom stereocenters. The van der Waals surface area contributed by atoms with Gasteiger partial charge in [-0.15, -0.1) is 0 Å². The van der Waals surface area contributed by atoms with E-state index in [0.717, 1.165) is 25.2 Å². The Balaban J connectivity index is 3.06. The van der Waals surface area contributed by atoms with Gasteiger partial charge in [-0.3, -0.25) is 0 Å². The zero-order chi connectivity index (χ0) is 11.4. The molecule has 0 aromatic heterocycles. The van der Waals surface area contributed by atoms with Crippen LogP contribution in [0.2, 0.25) is 0 Å². The van der Waals surface area contributed by atoms with E-state index in [9.17, 15) is 4.39 Å². The highest BCUT2D eigenvalue weighted by atomic mass is 79.9. The van der Waals surface area contributed by atoms with E-state index >= 15 is 0 Å². The normalized spacial score (nSPS) is 10.4. The van der Waals surface area contributed by atoms with E-state index in [1.807, 2.05) is 0 Å². The van der Waals surface area contributed by atoms with Gasteiger partial charge in [0.1, 0.15) is 5.82 Å². The lowest BCUT2D eigenvalue weighted by Crippen LogP contribution is -2.24. The Hall–Kier alpha value is -0.770. The van der Waals surface area contributed by atoms with E-state index in [1.165, 1.54) is 6.07 Å². The molecule has 1 rings (SSSR count). The van der Waals surface area contributed by atoms with Gasteiger partial charge in [0, 0.05) is 19.2 Å². The third kappa shape index (κ3) is 2.84. The molecule has 4 heteroatoms. The molecular weight excluding hydrogens is 259 g/mol. The van der Waals surface area contributed by atoms with Gasteiger partial charge in [0.05, 0.1) is 15.8 Å². The SMILES string of the molecule is CCCN(CC)c1cc(Br)c(F)cc1N. The zero-order valence-corrected chi connectivity index (χ0v) is 10.6. The van der Waals surface area contributed by atoms with Crippen LogP contribution in [0.4, 0.5) is 15.8 Å². The number of nitrogens with two attached hydrogens (primary N) is 1.